The highest BCUT2D eigenvalue weighted by molar-refractivity contribution is 4.72. The van der Waals surface area contributed by atoms with Crippen molar-refractivity contribution in [3.05, 3.63) is 0 Å². The van der Waals surface area contributed by atoms with E-state index in [0.717, 1.165) is 157 Å². The smallest absolute Gasteiger partial charge is 0.0110 e. The van der Waals surface area contributed by atoms with Crippen molar-refractivity contribution in [3.63, 3.8) is 0 Å². The van der Waals surface area contributed by atoms with Gasteiger partial charge >= 0.3 is 0 Å². The second-order valence-electron chi connectivity index (χ2n) is 17.1. The fraction of sp³-hybridized carbons (Fsp3) is 1.00. The van der Waals surface area contributed by atoms with Crippen LogP contribution in [0.1, 0.15) is 0 Å². The molecule has 0 radical (unpaired) electrons. The fourth-order valence-electron chi connectivity index (χ4n) is 5.60. The third kappa shape index (κ3) is 32.9. The molecule has 0 bridgehead atoms. The Hall–Kier alpha value is -0.520. The van der Waals surface area contributed by atoms with E-state index in [-0.39, 0.29) is 0 Å². The molecule has 0 aliphatic heterocycles. The zero-order valence-electron chi connectivity index (χ0n) is 37.8. The van der Waals surface area contributed by atoms with Gasteiger partial charge in [-0.05, 0) is 106 Å². The average Bonchev–Trinajstić information content (AvgIpc) is 3.06. The summed E-state index contributed by atoms with van der Waals surface area (Å²) in [6, 6.07) is 0. The number of nitrogens with zero attached hydrogens (tertiary/aromatic N) is 13. The van der Waals surface area contributed by atoms with Crippen LogP contribution in [0, 0.1) is 0 Å². The van der Waals surface area contributed by atoms with Crippen molar-refractivity contribution in [1.29, 1.82) is 0 Å². The van der Waals surface area contributed by atoms with Gasteiger partial charge in [-0.1, -0.05) is 0 Å². The molecule has 0 heterocycles. The summed E-state index contributed by atoms with van der Waals surface area (Å²) in [4.78, 5) is 32.2. The Kier molecular flexibility index (Phi) is 31.3. The molecule has 0 atom stereocenters. The minimum atomic E-state index is 1.10. The van der Waals surface area contributed by atoms with Crippen LogP contribution >= 0.6 is 0 Å². The standard InChI is InChI=1S/C39H93N13/c1-40(2)16-22-46(13)24-33-51(34-27-48(15)26-32-49(28-18-42(5)6)29-19-43(7)8)37-39-52(35-25-47(14)23-17-41(3)4)38-36-50(30-20-44(9)10)31-21-45(11)12/h16-39H2,1-15H3. The molecule has 0 saturated heterocycles. The molecule has 0 fully saturated rings. The van der Waals surface area contributed by atoms with Gasteiger partial charge in [0.25, 0.3) is 0 Å². The van der Waals surface area contributed by atoms with Gasteiger partial charge in [-0.3, -0.25) is 19.6 Å². The summed E-state index contributed by atoms with van der Waals surface area (Å²) in [6.07, 6.45) is 0. The van der Waals surface area contributed by atoms with E-state index in [1.165, 1.54) is 0 Å². The highest BCUT2D eigenvalue weighted by Gasteiger charge is 2.16. The van der Waals surface area contributed by atoms with Gasteiger partial charge in [0.2, 0.25) is 0 Å². The van der Waals surface area contributed by atoms with Gasteiger partial charge in [0.05, 0.1) is 0 Å². The van der Waals surface area contributed by atoms with Gasteiger partial charge in [-0.2, -0.15) is 0 Å². The van der Waals surface area contributed by atoms with Gasteiger partial charge < -0.3 is 44.1 Å². The highest BCUT2D eigenvalue weighted by Crippen LogP contribution is 2.01. The van der Waals surface area contributed by atoms with Gasteiger partial charge in [-0.15, -0.1) is 0 Å². The van der Waals surface area contributed by atoms with Crippen LogP contribution in [0.15, 0.2) is 0 Å². The summed E-state index contributed by atoms with van der Waals surface area (Å²) < 4.78 is 0. The largest absolute Gasteiger partial charge is 0.308 e. The van der Waals surface area contributed by atoms with Crippen LogP contribution in [0.5, 0.6) is 0 Å². The van der Waals surface area contributed by atoms with Crippen molar-refractivity contribution in [2.24, 2.45) is 0 Å². The zero-order chi connectivity index (χ0) is 39.5. The zero-order valence-corrected chi connectivity index (χ0v) is 37.8. The number of likely N-dealkylation sites (N-methyl/N-ethyl adjacent to an activating group) is 9. The normalized spacial score (nSPS) is 13.2. The Balaban J connectivity index is 5.63. The molecule has 52 heavy (non-hydrogen) atoms. The maximum absolute atomic E-state index is 2.75. The van der Waals surface area contributed by atoms with E-state index >= 15 is 0 Å². The molecule has 0 aliphatic rings. The summed E-state index contributed by atoms with van der Waals surface area (Å²) in [7, 11) is 33.1. The number of hydrogen-bond acceptors (Lipinski definition) is 13. The van der Waals surface area contributed by atoms with Crippen LogP contribution in [-0.2, 0) is 0 Å². The summed E-state index contributed by atoms with van der Waals surface area (Å²) >= 11 is 0. The minimum Gasteiger partial charge on any atom is -0.308 e. The van der Waals surface area contributed by atoms with Crippen molar-refractivity contribution >= 4 is 0 Å². The van der Waals surface area contributed by atoms with Crippen LogP contribution in [0.25, 0.3) is 0 Å². The lowest BCUT2D eigenvalue weighted by atomic mass is 10.3. The second kappa shape index (κ2) is 31.7. The third-order valence-electron chi connectivity index (χ3n) is 9.97. The first-order valence-corrected chi connectivity index (χ1v) is 20.3. The van der Waals surface area contributed by atoms with E-state index in [4.69, 9.17) is 0 Å². The van der Waals surface area contributed by atoms with E-state index in [1.807, 2.05) is 0 Å². The van der Waals surface area contributed by atoms with Crippen LogP contribution in [0.3, 0.4) is 0 Å². The summed E-state index contributed by atoms with van der Waals surface area (Å²) in [5.41, 5.74) is 0. The number of rotatable bonds is 36. The molecular weight excluding hydrogens is 651 g/mol. The molecule has 13 heteroatoms. The van der Waals surface area contributed by atoms with Gasteiger partial charge in [-0.25, -0.2) is 0 Å². The van der Waals surface area contributed by atoms with Gasteiger partial charge in [0.15, 0.2) is 0 Å². The van der Waals surface area contributed by atoms with E-state index in [9.17, 15) is 0 Å². The predicted molar refractivity (Wildman–Crippen MR) is 230 cm³/mol. The van der Waals surface area contributed by atoms with Gasteiger partial charge in [0, 0.05) is 157 Å². The Labute approximate surface area is 325 Å². The molecule has 0 aromatic carbocycles. The van der Waals surface area contributed by atoms with Crippen molar-refractivity contribution in [1.82, 2.24) is 63.7 Å². The molecule has 0 rings (SSSR count). The minimum absolute atomic E-state index is 1.10. The molecule has 0 aromatic rings. The lowest BCUT2D eigenvalue weighted by molar-refractivity contribution is 0.137. The molecule has 0 N–H and O–H groups in total. The monoisotopic (exact) mass is 744 g/mol. The molecule has 0 spiro atoms. The molecule has 0 aliphatic carbocycles. The lowest BCUT2D eigenvalue weighted by Crippen LogP contribution is -2.47. The third-order valence-corrected chi connectivity index (χ3v) is 9.97. The Bertz CT molecular complexity index is 759. The van der Waals surface area contributed by atoms with Crippen LogP contribution in [0.4, 0.5) is 0 Å². The number of hydrogen-bond donors (Lipinski definition) is 0. The van der Waals surface area contributed by atoms with Gasteiger partial charge in [0.1, 0.15) is 0 Å². The maximum Gasteiger partial charge on any atom is 0.0110 e. The van der Waals surface area contributed by atoms with E-state index in [2.05, 4.69) is 169 Å². The Morgan fingerprint density at radius 2 is 0.269 bits per heavy atom. The van der Waals surface area contributed by atoms with E-state index < -0.39 is 0 Å². The molecular formula is C39H93N13. The van der Waals surface area contributed by atoms with Crippen LogP contribution in [0.2, 0.25) is 0 Å². The van der Waals surface area contributed by atoms with Crippen molar-refractivity contribution in [2.75, 3.05) is 263 Å². The average molecular weight is 744 g/mol. The molecule has 314 valence electrons. The second-order valence-corrected chi connectivity index (χ2v) is 17.1. The topological polar surface area (TPSA) is 42.1 Å². The van der Waals surface area contributed by atoms with Crippen LogP contribution in [-0.4, -0.2) is 326 Å². The molecule has 0 aromatic heterocycles. The molecule has 13 nitrogen and oxygen atoms in total. The van der Waals surface area contributed by atoms with E-state index in [1.54, 1.807) is 0 Å². The first-order valence-electron chi connectivity index (χ1n) is 20.3. The first kappa shape index (κ1) is 51.5. The van der Waals surface area contributed by atoms with Crippen molar-refractivity contribution in [2.45, 2.75) is 0 Å². The lowest BCUT2D eigenvalue weighted by Gasteiger charge is -2.33. The SMILES string of the molecule is CN(C)CCN(C)CCN(CCN(C)CCN(CCN(C)C)CCN(C)C)CCN(CCN(C)CCN(C)C)CCN(CCN(C)C)CCN(C)C. The predicted octanol–water partition coefficient (Wildman–Crippen LogP) is -0.641. The quantitative estimate of drug-likeness (QED) is 0.0820. The van der Waals surface area contributed by atoms with Crippen molar-refractivity contribution in [3.8, 4) is 0 Å². The molecule has 0 saturated carbocycles. The summed E-state index contributed by atoms with van der Waals surface area (Å²) in [5.74, 6) is 0. The Morgan fingerprint density at radius 1 is 0.154 bits per heavy atom. The fourth-order valence-corrected chi connectivity index (χ4v) is 5.60. The highest BCUT2D eigenvalue weighted by atomic mass is 15.3. The van der Waals surface area contributed by atoms with Crippen LogP contribution < -0.4 is 0 Å². The maximum atomic E-state index is 2.75. The van der Waals surface area contributed by atoms with Crippen molar-refractivity contribution < 1.29 is 0 Å². The van der Waals surface area contributed by atoms with E-state index in [0.29, 0.717) is 0 Å². The molecule has 0 amide bonds. The Morgan fingerprint density at radius 3 is 0.442 bits per heavy atom. The summed E-state index contributed by atoms with van der Waals surface area (Å²) in [6.45, 7) is 26.7. The molecule has 0 unspecified atom stereocenters. The summed E-state index contributed by atoms with van der Waals surface area (Å²) in [5, 5.41) is 0. The first-order chi connectivity index (χ1) is 24.5.